The average molecular weight is 491 g/mol. The number of rotatable bonds is 9. The van der Waals surface area contributed by atoms with Crippen LogP contribution in [0.5, 0.6) is 11.5 Å². The van der Waals surface area contributed by atoms with Crippen LogP contribution in [0.1, 0.15) is 12.5 Å². The van der Waals surface area contributed by atoms with Gasteiger partial charge < -0.3 is 14.2 Å². The Balaban J connectivity index is 1.23. The Bertz CT molecular complexity index is 1030. The van der Waals surface area contributed by atoms with Gasteiger partial charge in [-0.25, -0.2) is 4.79 Å². The van der Waals surface area contributed by atoms with Gasteiger partial charge in [0.2, 0.25) is 5.91 Å². The van der Waals surface area contributed by atoms with E-state index in [0.717, 1.165) is 17.3 Å². The highest BCUT2D eigenvalue weighted by Crippen LogP contribution is 2.24. The number of nitrogens with zero attached hydrogens (tertiary/aromatic N) is 1. The molecule has 174 valence electrons. The Labute approximate surface area is 200 Å². The van der Waals surface area contributed by atoms with Crippen molar-refractivity contribution in [2.45, 2.75) is 30.7 Å². The van der Waals surface area contributed by atoms with Crippen molar-refractivity contribution in [3.63, 3.8) is 0 Å². The molecule has 0 aliphatic carbocycles. The minimum atomic E-state index is -0.402. The summed E-state index contributed by atoms with van der Waals surface area (Å²) >= 11 is 6.96. The second kappa shape index (κ2) is 10.4. The second-order valence-corrected chi connectivity index (χ2v) is 9.43. The van der Waals surface area contributed by atoms with Crippen molar-refractivity contribution in [2.24, 2.45) is 0 Å². The van der Waals surface area contributed by atoms with Gasteiger partial charge in [0, 0.05) is 5.02 Å². The molecule has 10 heteroatoms. The Morgan fingerprint density at radius 2 is 1.94 bits per heavy atom. The van der Waals surface area contributed by atoms with Crippen molar-refractivity contribution < 1.29 is 28.6 Å². The maximum Gasteiger partial charge on any atom is 0.410 e. The largest absolute Gasteiger partial charge is 0.491 e. The number of nitrogens with one attached hydrogen (secondary N) is 1. The van der Waals surface area contributed by atoms with Crippen LogP contribution in [0.4, 0.5) is 9.59 Å². The fourth-order valence-electron chi connectivity index (χ4n) is 3.50. The number of ether oxygens (including phenoxy) is 3. The lowest BCUT2D eigenvalue weighted by molar-refractivity contribution is -0.118. The number of halogens is 1. The van der Waals surface area contributed by atoms with Gasteiger partial charge >= 0.3 is 6.09 Å². The molecule has 0 spiro atoms. The SMILES string of the molecule is C[C@@H](COc1ccc(CC2SC(=O)NC2=O)cc1)N1C[C@H](COc2cccc(Cl)c2)OC1=O. The van der Waals surface area contributed by atoms with Crippen LogP contribution < -0.4 is 14.8 Å². The first-order valence-corrected chi connectivity index (χ1v) is 11.7. The molecule has 2 aliphatic rings. The minimum absolute atomic E-state index is 0.196. The monoisotopic (exact) mass is 490 g/mol. The standard InChI is InChI=1S/C23H23ClN2O6S/c1-14(26-11-19(32-23(26)29)13-31-18-4-2-3-16(24)10-18)12-30-17-7-5-15(6-8-17)9-20-21(27)25-22(28)33-20/h2-8,10,14,19-20H,9,11-13H2,1H3,(H,25,27,28)/t14-,19+,20?/m0/s1. The van der Waals surface area contributed by atoms with E-state index in [9.17, 15) is 14.4 Å². The number of amides is 3. The van der Waals surface area contributed by atoms with Gasteiger partial charge in [0.1, 0.15) is 24.7 Å². The summed E-state index contributed by atoms with van der Waals surface area (Å²) in [5, 5.41) is 2.16. The predicted molar refractivity (Wildman–Crippen MR) is 124 cm³/mol. The van der Waals surface area contributed by atoms with E-state index in [4.69, 9.17) is 25.8 Å². The minimum Gasteiger partial charge on any atom is -0.491 e. The highest BCUT2D eigenvalue weighted by atomic mass is 35.5. The van der Waals surface area contributed by atoms with E-state index in [2.05, 4.69) is 5.32 Å². The lowest BCUT2D eigenvalue weighted by Crippen LogP contribution is -2.38. The third-order valence-electron chi connectivity index (χ3n) is 5.27. The van der Waals surface area contributed by atoms with Crippen molar-refractivity contribution >= 4 is 40.6 Å². The molecule has 0 aromatic heterocycles. The van der Waals surface area contributed by atoms with Gasteiger partial charge in [-0.3, -0.25) is 19.8 Å². The van der Waals surface area contributed by atoms with Gasteiger partial charge in [0.15, 0.2) is 6.10 Å². The molecule has 2 heterocycles. The summed E-state index contributed by atoms with van der Waals surface area (Å²) in [4.78, 5) is 36.9. The molecule has 1 unspecified atom stereocenters. The van der Waals surface area contributed by atoms with Crippen LogP contribution in [0.3, 0.4) is 0 Å². The lowest BCUT2D eigenvalue weighted by Gasteiger charge is -2.22. The molecule has 0 saturated carbocycles. The Hall–Kier alpha value is -2.91. The van der Waals surface area contributed by atoms with Gasteiger partial charge in [-0.1, -0.05) is 41.6 Å². The van der Waals surface area contributed by atoms with E-state index < -0.39 is 11.3 Å². The van der Waals surface area contributed by atoms with E-state index in [1.54, 1.807) is 29.2 Å². The van der Waals surface area contributed by atoms with Gasteiger partial charge in [0.25, 0.3) is 5.24 Å². The summed E-state index contributed by atoms with van der Waals surface area (Å²) in [5.74, 6) is 1.02. The normalized spacial score (nSPS) is 21.0. The molecular weight excluding hydrogens is 468 g/mol. The number of carbonyl (C=O) groups excluding carboxylic acids is 3. The maximum atomic E-state index is 12.3. The number of hydrogen-bond acceptors (Lipinski definition) is 7. The summed E-state index contributed by atoms with van der Waals surface area (Å²) in [7, 11) is 0. The molecule has 0 bridgehead atoms. The molecule has 2 aromatic rings. The number of benzene rings is 2. The molecule has 4 rings (SSSR count). The van der Waals surface area contributed by atoms with Crippen molar-refractivity contribution in [1.29, 1.82) is 0 Å². The van der Waals surface area contributed by atoms with Crippen molar-refractivity contribution in [2.75, 3.05) is 19.8 Å². The molecule has 0 radical (unpaired) electrons. The molecule has 2 aromatic carbocycles. The summed E-state index contributed by atoms with van der Waals surface area (Å²) < 4.78 is 16.9. The Kier molecular flexibility index (Phi) is 7.29. The number of hydrogen-bond donors (Lipinski definition) is 1. The molecule has 1 N–H and O–H groups in total. The predicted octanol–water partition coefficient (Wildman–Crippen LogP) is 3.90. The molecule has 2 aliphatic heterocycles. The zero-order valence-corrected chi connectivity index (χ0v) is 19.4. The Morgan fingerprint density at radius 1 is 1.15 bits per heavy atom. The first-order valence-electron chi connectivity index (χ1n) is 10.5. The van der Waals surface area contributed by atoms with Crippen LogP contribution >= 0.6 is 23.4 Å². The number of cyclic esters (lactones) is 1. The van der Waals surface area contributed by atoms with Crippen LogP contribution in [0.15, 0.2) is 48.5 Å². The lowest BCUT2D eigenvalue weighted by atomic mass is 10.1. The molecule has 2 fully saturated rings. The van der Waals surface area contributed by atoms with E-state index >= 15 is 0 Å². The van der Waals surface area contributed by atoms with Gasteiger partial charge in [-0.05, 0) is 49.2 Å². The first kappa shape index (κ1) is 23.3. The molecule has 2 saturated heterocycles. The van der Waals surface area contributed by atoms with Crippen LogP contribution in [0.2, 0.25) is 5.02 Å². The summed E-state index contributed by atoms with van der Waals surface area (Å²) in [5.41, 5.74) is 0.934. The fourth-order valence-corrected chi connectivity index (χ4v) is 4.54. The molecule has 3 atom stereocenters. The third kappa shape index (κ3) is 6.11. The van der Waals surface area contributed by atoms with Crippen molar-refractivity contribution in [3.8, 4) is 11.5 Å². The van der Waals surface area contributed by atoms with E-state index in [0.29, 0.717) is 36.1 Å². The van der Waals surface area contributed by atoms with Crippen LogP contribution in [-0.2, 0) is 16.0 Å². The Morgan fingerprint density at radius 3 is 2.64 bits per heavy atom. The number of thioether (sulfide) groups is 1. The van der Waals surface area contributed by atoms with Gasteiger partial charge in [-0.15, -0.1) is 0 Å². The van der Waals surface area contributed by atoms with Crippen LogP contribution in [0.25, 0.3) is 0 Å². The maximum absolute atomic E-state index is 12.3. The fraction of sp³-hybridized carbons (Fsp3) is 0.348. The van der Waals surface area contributed by atoms with Gasteiger partial charge in [0.05, 0.1) is 17.8 Å². The third-order valence-corrected chi connectivity index (χ3v) is 6.49. The molecule has 33 heavy (non-hydrogen) atoms. The van der Waals surface area contributed by atoms with E-state index in [1.165, 1.54) is 0 Å². The number of imide groups is 1. The number of carbonyl (C=O) groups is 3. The molecule has 8 nitrogen and oxygen atoms in total. The highest BCUT2D eigenvalue weighted by molar-refractivity contribution is 8.15. The van der Waals surface area contributed by atoms with E-state index in [1.807, 2.05) is 31.2 Å². The summed E-state index contributed by atoms with van der Waals surface area (Å²) in [6.07, 6.45) is -0.309. The summed E-state index contributed by atoms with van der Waals surface area (Å²) in [6, 6.07) is 14.2. The van der Waals surface area contributed by atoms with Crippen molar-refractivity contribution in [1.82, 2.24) is 10.2 Å². The van der Waals surface area contributed by atoms with Crippen LogP contribution in [0, 0.1) is 0 Å². The van der Waals surface area contributed by atoms with E-state index in [-0.39, 0.29) is 29.9 Å². The smallest absolute Gasteiger partial charge is 0.410 e. The topological polar surface area (TPSA) is 94.2 Å². The average Bonchev–Trinajstić information content (AvgIpc) is 3.32. The first-order chi connectivity index (χ1) is 15.9. The summed E-state index contributed by atoms with van der Waals surface area (Å²) in [6.45, 7) is 2.83. The highest BCUT2D eigenvalue weighted by Gasteiger charge is 2.35. The second-order valence-electron chi connectivity index (χ2n) is 7.82. The quantitative estimate of drug-likeness (QED) is 0.569. The zero-order valence-electron chi connectivity index (χ0n) is 17.9. The van der Waals surface area contributed by atoms with Crippen molar-refractivity contribution in [3.05, 3.63) is 59.1 Å². The van der Waals surface area contributed by atoms with Gasteiger partial charge in [-0.2, -0.15) is 0 Å². The zero-order chi connectivity index (χ0) is 23.4. The molecule has 3 amide bonds. The van der Waals surface area contributed by atoms with Crippen LogP contribution in [-0.4, -0.2) is 59.3 Å². The molecular formula is C23H23ClN2O6S.